The van der Waals surface area contributed by atoms with E-state index < -0.39 is 0 Å². The molecule has 2 heterocycles. The summed E-state index contributed by atoms with van der Waals surface area (Å²) in [5, 5.41) is 3.64. The Morgan fingerprint density at radius 3 is 2.93 bits per heavy atom. The van der Waals surface area contributed by atoms with Crippen molar-refractivity contribution in [1.29, 1.82) is 0 Å². The second kappa shape index (κ2) is 7.72. The van der Waals surface area contributed by atoms with Crippen LogP contribution in [0.2, 0.25) is 0 Å². The van der Waals surface area contributed by atoms with Gasteiger partial charge in [0.15, 0.2) is 0 Å². The first-order valence-corrected chi connectivity index (χ1v) is 10.3. The fraction of sp³-hybridized carbons (Fsp3) is 0.429. The van der Waals surface area contributed by atoms with E-state index in [1.165, 1.54) is 16.2 Å². The summed E-state index contributed by atoms with van der Waals surface area (Å²) in [6.07, 6.45) is 4.66. The van der Waals surface area contributed by atoms with Crippen molar-refractivity contribution in [3.8, 4) is 5.75 Å². The van der Waals surface area contributed by atoms with Gasteiger partial charge in [0.1, 0.15) is 17.4 Å². The van der Waals surface area contributed by atoms with Gasteiger partial charge in [-0.15, -0.1) is 11.3 Å². The van der Waals surface area contributed by atoms with Crippen LogP contribution in [0.5, 0.6) is 5.75 Å². The Kier molecular flexibility index (Phi) is 5.16. The Balaban J connectivity index is 1.56. The first-order chi connectivity index (χ1) is 13.2. The van der Waals surface area contributed by atoms with Crippen molar-refractivity contribution in [2.24, 2.45) is 5.92 Å². The van der Waals surface area contributed by atoms with Crippen LogP contribution in [0.4, 0.5) is 5.00 Å². The summed E-state index contributed by atoms with van der Waals surface area (Å²) in [5.74, 6) is 0.139. The third kappa shape index (κ3) is 3.58. The predicted octanol–water partition coefficient (Wildman–Crippen LogP) is 3.99. The van der Waals surface area contributed by atoms with E-state index in [0.29, 0.717) is 30.2 Å². The number of esters is 1. The number of thiophene rings is 1. The number of ether oxygens (including phenoxy) is 2. The van der Waals surface area contributed by atoms with E-state index in [2.05, 4.69) is 5.32 Å². The molecule has 1 aliphatic carbocycles. The second-order valence-corrected chi connectivity index (χ2v) is 8.05. The highest BCUT2D eigenvalue weighted by Crippen LogP contribution is 2.39. The van der Waals surface area contributed by atoms with Gasteiger partial charge in [0.2, 0.25) is 5.91 Å². The molecule has 1 aromatic heterocycles. The lowest BCUT2D eigenvalue weighted by molar-refractivity contribution is -0.121. The van der Waals surface area contributed by atoms with E-state index in [4.69, 9.17) is 9.47 Å². The van der Waals surface area contributed by atoms with Crippen LogP contribution in [0.3, 0.4) is 0 Å². The van der Waals surface area contributed by atoms with Gasteiger partial charge in [-0.2, -0.15) is 0 Å². The number of hydrogen-bond donors (Lipinski definition) is 1. The summed E-state index contributed by atoms with van der Waals surface area (Å²) < 4.78 is 11.0. The lowest BCUT2D eigenvalue weighted by atomic mass is 9.95. The number of carbonyl (C=O) groups excluding carboxylic acids is 2. The van der Waals surface area contributed by atoms with Crippen molar-refractivity contribution < 1.29 is 19.1 Å². The average Bonchev–Trinajstić information content (AvgIpc) is 3.05. The van der Waals surface area contributed by atoms with Crippen molar-refractivity contribution in [3.63, 3.8) is 0 Å². The molecule has 1 N–H and O–H groups in total. The quantitative estimate of drug-likeness (QED) is 0.808. The molecular formula is C21H23NO4S. The molecule has 1 amide bonds. The van der Waals surface area contributed by atoms with Crippen LogP contribution in [0.25, 0.3) is 0 Å². The third-order valence-electron chi connectivity index (χ3n) is 5.14. The summed E-state index contributed by atoms with van der Waals surface area (Å²) in [6.45, 7) is 2.47. The Morgan fingerprint density at radius 2 is 2.07 bits per heavy atom. The maximum Gasteiger partial charge on any atom is 0.341 e. The van der Waals surface area contributed by atoms with Crippen molar-refractivity contribution in [2.75, 3.05) is 18.5 Å². The molecule has 0 radical (unpaired) electrons. The van der Waals surface area contributed by atoms with Gasteiger partial charge in [-0.05, 0) is 56.2 Å². The highest BCUT2D eigenvalue weighted by atomic mass is 32.1. The number of nitrogens with one attached hydrogen (secondary N) is 1. The molecule has 6 heteroatoms. The Bertz CT molecular complexity index is 873. The molecule has 0 spiro atoms. The van der Waals surface area contributed by atoms with Gasteiger partial charge in [0.05, 0.1) is 18.1 Å². The molecule has 0 bridgehead atoms. The number of rotatable bonds is 4. The van der Waals surface area contributed by atoms with Crippen LogP contribution in [-0.4, -0.2) is 25.1 Å². The summed E-state index contributed by atoms with van der Waals surface area (Å²) in [7, 11) is 0. The zero-order chi connectivity index (χ0) is 18.8. The molecule has 27 heavy (non-hydrogen) atoms. The van der Waals surface area contributed by atoms with Crippen molar-refractivity contribution in [1.82, 2.24) is 0 Å². The molecule has 1 aromatic carbocycles. The van der Waals surface area contributed by atoms with Crippen molar-refractivity contribution >= 4 is 28.2 Å². The minimum atomic E-state index is -0.336. The topological polar surface area (TPSA) is 64.6 Å². The zero-order valence-corrected chi connectivity index (χ0v) is 16.2. The van der Waals surface area contributed by atoms with Gasteiger partial charge in [-0.1, -0.05) is 18.2 Å². The van der Waals surface area contributed by atoms with Crippen LogP contribution < -0.4 is 10.1 Å². The number of fused-ring (bicyclic) bond motifs is 2. The van der Waals surface area contributed by atoms with E-state index in [0.717, 1.165) is 42.6 Å². The SMILES string of the molecule is CCOC(=O)c1c(NC(=O)C2COc3ccccc3C2)sc2c1CCCC2. The van der Waals surface area contributed by atoms with Crippen molar-refractivity contribution in [3.05, 3.63) is 45.8 Å². The number of benzene rings is 1. The molecule has 0 fully saturated rings. The average molecular weight is 385 g/mol. The first kappa shape index (κ1) is 18.0. The minimum absolute atomic E-state index is 0.103. The first-order valence-electron chi connectivity index (χ1n) is 9.50. The van der Waals surface area contributed by atoms with Gasteiger partial charge in [0, 0.05) is 4.88 Å². The molecule has 5 nitrogen and oxygen atoms in total. The van der Waals surface area contributed by atoms with E-state index >= 15 is 0 Å². The fourth-order valence-electron chi connectivity index (χ4n) is 3.78. The van der Waals surface area contributed by atoms with E-state index in [9.17, 15) is 9.59 Å². The lowest BCUT2D eigenvalue weighted by Crippen LogP contribution is -2.32. The number of hydrogen-bond acceptors (Lipinski definition) is 5. The highest BCUT2D eigenvalue weighted by Gasteiger charge is 2.30. The molecule has 0 saturated carbocycles. The Labute approximate surface area is 162 Å². The molecule has 0 saturated heterocycles. The molecule has 2 aliphatic rings. The smallest absolute Gasteiger partial charge is 0.341 e. The summed E-state index contributed by atoms with van der Waals surface area (Å²) in [6, 6.07) is 7.80. The third-order valence-corrected chi connectivity index (χ3v) is 6.34. The maximum atomic E-state index is 12.9. The molecule has 4 rings (SSSR count). The van der Waals surface area contributed by atoms with Gasteiger partial charge in [0.25, 0.3) is 0 Å². The van der Waals surface area contributed by atoms with Gasteiger partial charge < -0.3 is 14.8 Å². The number of aryl methyl sites for hydroxylation is 1. The van der Waals surface area contributed by atoms with Crippen LogP contribution in [-0.2, 0) is 28.8 Å². The monoisotopic (exact) mass is 385 g/mol. The van der Waals surface area contributed by atoms with Crippen LogP contribution in [0, 0.1) is 5.92 Å². The van der Waals surface area contributed by atoms with E-state index in [1.807, 2.05) is 24.3 Å². The summed E-state index contributed by atoms with van der Waals surface area (Å²) >= 11 is 1.52. The van der Waals surface area contributed by atoms with Crippen molar-refractivity contribution in [2.45, 2.75) is 39.0 Å². The second-order valence-electron chi connectivity index (χ2n) is 6.94. The number of amides is 1. The van der Waals surface area contributed by atoms with Gasteiger partial charge in [-0.3, -0.25) is 4.79 Å². The molecule has 142 valence electrons. The highest BCUT2D eigenvalue weighted by molar-refractivity contribution is 7.17. The zero-order valence-electron chi connectivity index (χ0n) is 15.4. The number of carbonyl (C=O) groups is 2. The molecular weight excluding hydrogens is 362 g/mol. The van der Waals surface area contributed by atoms with Gasteiger partial charge >= 0.3 is 5.97 Å². The largest absolute Gasteiger partial charge is 0.492 e. The van der Waals surface area contributed by atoms with Gasteiger partial charge in [-0.25, -0.2) is 4.79 Å². The number of anilines is 1. The number of para-hydroxylation sites is 1. The summed E-state index contributed by atoms with van der Waals surface area (Å²) in [4.78, 5) is 26.6. The summed E-state index contributed by atoms with van der Waals surface area (Å²) in [5.41, 5.74) is 2.66. The molecule has 1 aliphatic heterocycles. The normalized spacial score (nSPS) is 18.0. The standard InChI is InChI=1S/C21H23NO4S/c1-2-25-21(24)18-15-8-4-6-10-17(15)27-20(18)22-19(23)14-11-13-7-3-5-9-16(13)26-12-14/h3,5,7,9,14H,2,4,6,8,10-12H2,1H3,(H,22,23). The van der Waals surface area contributed by atoms with Crippen LogP contribution in [0.15, 0.2) is 24.3 Å². The van der Waals surface area contributed by atoms with Crippen LogP contribution in [0.1, 0.15) is 46.1 Å². The van der Waals surface area contributed by atoms with E-state index in [1.54, 1.807) is 6.92 Å². The maximum absolute atomic E-state index is 12.9. The molecule has 2 aromatic rings. The molecule has 1 atom stereocenters. The minimum Gasteiger partial charge on any atom is -0.492 e. The van der Waals surface area contributed by atoms with Crippen LogP contribution >= 0.6 is 11.3 Å². The Hall–Kier alpha value is -2.34. The lowest BCUT2D eigenvalue weighted by Gasteiger charge is -2.24. The fourth-order valence-corrected chi connectivity index (χ4v) is 5.06. The van der Waals surface area contributed by atoms with E-state index in [-0.39, 0.29) is 17.8 Å². The predicted molar refractivity (Wildman–Crippen MR) is 105 cm³/mol. The molecule has 1 unspecified atom stereocenters. The Morgan fingerprint density at radius 1 is 1.26 bits per heavy atom.